The first-order valence-corrected chi connectivity index (χ1v) is 8.17. The Morgan fingerprint density at radius 1 is 1.05 bits per heavy atom. The lowest BCUT2D eigenvalue weighted by Gasteiger charge is -2.11. The first-order chi connectivity index (χ1) is 10.0. The van der Waals surface area contributed by atoms with Gasteiger partial charge in [-0.2, -0.15) is 8.42 Å². The molecule has 0 aliphatic heterocycles. The van der Waals surface area contributed by atoms with Crippen LogP contribution in [0.5, 0.6) is 11.5 Å². The van der Waals surface area contributed by atoms with E-state index < -0.39 is 10.1 Å². The van der Waals surface area contributed by atoms with Crippen molar-refractivity contribution in [2.45, 2.75) is 25.2 Å². The molecule has 2 aromatic carbocycles. The van der Waals surface area contributed by atoms with Crippen molar-refractivity contribution in [3.8, 4) is 11.5 Å². The molecule has 0 amide bonds. The molecule has 112 valence electrons. The van der Waals surface area contributed by atoms with Gasteiger partial charge in [0.05, 0.1) is 11.5 Å². The summed E-state index contributed by atoms with van der Waals surface area (Å²) in [5.41, 5.74) is 0.855. The Balaban J connectivity index is 2.29. The highest BCUT2D eigenvalue weighted by Crippen LogP contribution is 2.28. The average molecular weight is 306 g/mol. The summed E-state index contributed by atoms with van der Waals surface area (Å²) in [6, 6.07) is 14.0. The van der Waals surface area contributed by atoms with Crippen molar-refractivity contribution in [2.24, 2.45) is 0 Å². The van der Waals surface area contributed by atoms with Crippen LogP contribution in [0.2, 0.25) is 0 Å². The van der Waals surface area contributed by atoms with Crippen molar-refractivity contribution in [1.82, 2.24) is 0 Å². The zero-order valence-electron chi connectivity index (χ0n) is 12.1. The molecule has 2 rings (SSSR count). The van der Waals surface area contributed by atoms with Gasteiger partial charge in [-0.1, -0.05) is 31.2 Å². The van der Waals surface area contributed by atoms with Crippen LogP contribution < -0.4 is 4.74 Å². The Morgan fingerprint density at radius 2 is 1.76 bits per heavy atom. The summed E-state index contributed by atoms with van der Waals surface area (Å²) < 4.78 is 34.7. The summed E-state index contributed by atoms with van der Waals surface area (Å²) in [5, 5.41) is 0. The van der Waals surface area contributed by atoms with Gasteiger partial charge in [0.1, 0.15) is 11.5 Å². The van der Waals surface area contributed by atoms with Crippen LogP contribution in [0.4, 0.5) is 0 Å². The van der Waals surface area contributed by atoms with Gasteiger partial charge in [0.15, 0.2) is 0 Å². The molecule has 0 radical (unpaired) electrons. The smallest absolute Gasteiger partial charge is 0.297 e. The van der Waals surface area contributed by atoms with Crippen LogP contribution in [0.15, 0.2) is 53.4 Å². The molecule has 0 spiro atoms. The SMILES string of the molecule is CCCOS(=O)(=O)c1ccc(C)c(Oc2ccccc2)c1. The molecule has 0 heterocycles. The average Bonchev–Trinajstić information content (AvgIpc) is 2.48. The third-order valence-corrected chi connectivity index (χ3v) is 4.17. The van der Waals surface area contributed by atoms with Crippen LogP contribution in [0, 0.1) is 6.92 Å². The summed E-state index contributed by atoms with van der Waals surface area (Å²) in [7, 11) is -3.73. The van der Waals surface area contributed by atoms with Gasteiger partial charge >= 0.3 is 0 Å². The van der Waals surface area contributed by atoms with E-state index in [0.717, 1.165) is 5.56 Å². The van der Waals surface area contributed by atoms with E-state index >= 15 is 0 Å². The molecule has 0 aromatic heterocycles. The van der Waals surface area contributed by atoms with E-state index in [9.17, 15) is 8.42 Å². The Labute approximate surface area is 125 Å². The van der Waals surface area contributed by atoms with Crippen molar-refractivity contribution in [1.29, 1.82) is 0 Å². The fourth-order valence-electron chi connectivity index (χ4n) is 1.72. The number of hydrogen-bond donors (Lipinski definition) is 0. The van der Waals surface area contributed by atoms with Gasteiger partial charge < -0.3 is 4.74 Å². The van der Waals surface area contributed by atoms with Crippen molar-refractivity contribution in [3.63, 3.8) is 0 Å². The lowest BCUT2D eigenvalue weighted by Crippen LogP contribution is -2.07. The minimum Gasteiger partial charge on any atom is -0.457 e. The van der Waals surface area contributed by atoms with E-state index in [2.05, 4.69) is 0 Å². The zero-order chi connectivity index (χ0) is 15.3. The first kappa shape index (κ1) is 15.5. The normalized spacial score (nSPS) is 11.3. The molecule has 2 aromatic rings. The van der Waals surface area contributed by atoms with Crippen LogP contribution in [0.1, 0.15) is 18.9 Å². The molecule has 0 fully saturated rings. The van der Waals surface area contributed by atoms with E-state index in [4.69, 9.17) is 8.92 Å². The molecule has 0 aliphatic rings. The molecule has 0 bridgehead atoms. The third-order valence-electron chi connectivity index (χ3n) is 2.86. The molecule has 4 nitrogen and oxygen atoms in total. The summed E-state index contributed by atoms with van der Waals surface area (Å²) in [5.74, 6) is 1.16. The molecular weight excluding hydrogens is 288 g/mol. The van der Waals surface area contributed by atoms with Crippen molar-refractivity contribution in [2.75, 3.05) is 6.61 Å². The maximum absolute atomic E-state index is 12.0. The van der Waals surface area contributed by atoms with Crippen LogP contribution in [0.3, 0.4) is 0 Å². The number of hydrogen-bond acceptors (Lipinski definition) is 4. The van der Waals surface area contributed by atoms with Crippen LogP contribution >= 0.6 is 0 Å². The molecule has 0 N–H and O–H groups in total. The predicted molar refractivity (Wildman–Crippen MR) is 81.1 cm³/mol. The molecular formula is C16H18O4S. The Bertz CT molecular complexity index is 693. The van der Waals surface area contributed by atoms with Crippen LogP contribution in [-0.4, -0.2) is 15.0 Å². The minimum atomic E-state index is -3.73. The second-order valence-corrected chi connectivity index (χ2v) is 6.23. The third kappa shape index (κ3) is 4.06. The largest absolute Gasteiger partial charge is 0.457 e. The molecule has 5 heteroatoms. The van der Waals surface area contributed by atoms with Crippen molar-refractivity contribution < 1.29 is 17.3 Å². The standard InChI is InChI=1S/C16H18O4S/c1-3-11-19-21(17,18)15-10-9-13(2)16(12-15)20-14-7-5-4-6-8-14/h4-10,12H,3,11H2,1-2H3. The second kappa shape index (κ2) is 6.74. The van der Waals surface area contributed by atoms with E-state index in [-0.39, 0.29) is 11.5 Å². The fourth-order valence-corrected chi connectivity index (χ4v) is 2.73. The Kier molecular flexibility index (Phi) is 4.98. The van der Waals surface area contributed by atoms with E-state index in [1.807, 2.05) is 44.2 Å². The molecule has 0 aliphatic carbocycles. The highest BCUT2D eigenvalue weighted by atomic mass is 32.2. The molecule has 0 saturated heterocycles. The Hall–Kier alpha value is -1.85. The van der Waals surface area contributed by atoms with Gasteiger partial charge in [-0.05, 0) is 37.1 Å². The molecule has 0 atom stereocenters. The molecule has 0 unspecified atom stereocenters. The first-order valence-electron chi connectivity index (χ1n) is 6.76. The van der Waals surface area contributed by atoms with Gasteiger partial charge in [-0.25, -0.2) is 0 Å². The molecule has 0 saturated carbocycles. The summed E-state index contributed by atoms with van der Waals surface area (Å²) in [6.45, 7) is 3.89. The highest BCUT2D eigenvalue weighted by Gasteiger charge is 2.16. The highest BCUT2D eigenvalue weighted by molar-refractivity contribution is 7.86. The summed E-state index contributed by atoms with van der Waals surface area (Å²) in [4.78, 5) is 0.104. The van der Waals surface area contributed by atoms with Crippen LogP contribution in [0.25, 0.3) is 0 Å². The molecule has 21 heavy (non-hydrogen) atoms. The van der Waals surface area contributed by atoms with Crippen LogP contribution in [-0.2, 0) is 14.3 Å². The van der Waals surface area contributed by atoms with E-state index in [1.54, 1.807) is 6.07 Å². The zero-order valence-corrected chi connectivity index (χ0v) is 12.9. The van der Waals surface area contributed by atoms with E-state index in [0.29, 0.717) is 17.9 Å². The summed E-state index contributed by atoms with van der Waals surface area (Å²) in [6.07, 6.45) is 0.637. The fraction of sp³-hybridized carbons (Fsp3) is 0.250. The van der Waals surface area contributed by atoms with Gasteiger partial charge in [-0.3, -0.25) is 4.18 Å². The minimum absolute atomic E-state index is 0.104. The number of aryl methyl sites for hydroxylation is 1. The maximum atomic E-state index is 12.0. The summed E-state index contributed by atoms with van der Waals surface area (Å²) >= 11 is 0. The van der Waals surface area contributed by atoms with Gasteiger partial charge in [0, 0.05) is 6.07 Å². The van der Waals surface area contributed by atoms with Gasteiger partial charge in [0.25, 0.3) is 10.1 Å². The van der Waals surface area contributed by atoms with E-state index in [1.165, 1.54) is 12.1 Å². The lowest BCUT2D eigenvalue weighted by atomic mass is 10.2. The quantitative estimate of drug-likeness (QED) is 0.759. The lowest BCUT2D eigenvalue weighted by molar-refractivity contribution is 0.318. The van der Waals surface area contributed by atoms with Gasteiger partial charge in [0.2, 0.25) is 0 Å². The second-order valence-electron chi connectivity index (χ2n) is 4.62. The predicted octanol–water partition coefficient (Wildman–Crippen LogP) is 3.90. The van der Waals surface area contributed by atoms with Crippen molar-refractivity contribution >= 4 is 10.1 Å². The number of para-hydroxylation sites is 1. The maximum Gasteiger partial charge on any atom is 0.297 e. The monoisotopic (exact) mass is 306 g/mol. The Morgan fingerprint density at radius 3 is 2.43 bits per heavy atom. The van der Waals surface area contributed by atoms with Crippen molar-refractivity contribution in [3.05, 3.63) is 54.1 Å². The topological polar surface area (TPSA) is 52.6 Å². The number of ether oxygens (including phenoxy) is 1. The van der Waals surface area contributed by atoms with Gasteiger partial charge in [-0.15, -0.1) is 0 Å². The number of benzene rings is 2. The number of rotatable bonds is 6.